The highest BCUT2D eigenvalue weighted by Gasteiger charge is 2.13. The van der Waals surface area contributed by atoms with Crippen molar-refractivity contribution < 1.29 is 5.11 Å². The van der Waals surface area contributed by atoms with E-state index in [2.05, 4.69) is 9.97 Å². The maximum Gasteiger partial charge on any atom is 0.120 e. The molecular weight excluding hydrogens is 200 g/mol. The molecule has 0 spiro atoms. The van der Waals surface area contributed by atoms with Gasteiger partial charge in [0.1, 0.15) is 6.10 Å². The first kappa shape index (κ1) is 9.24. The molecule has 0 saturated heterocycles. The number of hydrogen-bond acceptors (Lipinski definition) is 2. The van der Waals surface area contributed by atoms with Gasteiger partial charge >= 0.3 is 0 Å². The predicted molar refractivity (Wildman–Crippen MR) is 54.1 cm³/mol. The van der Waals surface area contributed by atoms with Crippen molar-refractivity contribution in [1.29, 1.82) is 0 Å². The third-order valence-corrected chi connectivity index (χ3v) is 2.33. The van der Waals surface area contributed by atoms with Crippen molar-refractivity contribution in [1.82, 2.24) is 9.97 Å². The quantitative estimate of drug-likeness (QED) is 0.795. The highest BCUT2D eigenvalue weighted by atomic mass is 35.5. The van der Waals surface area contributed by atoms with Gasteiger partial charge in [0.2, 0.25) is 0 Å². The lowest BCUT2D eigenvalue weighted by Crippen LogP contribution is -2.00. The number of aliphatic hydroxyl groups excluding tert-OH is 1. The average Bonchev–Trinajstić information content (AvgIpc) is 2.70. The van der Waals surface area contributed by atoms with Crippen molar-refractivity contribution in [2.24, 2.45) is 0 Å². The fourth-order valence-electron chi connectivity index (χ4n) is 1.29. The molecule has 0 aliphatic rings. The van der Waals surface area contributed by atoms with Crippen LogP contribution in [-0.4, -0.2) is 15.1 Å². The number of nitrogens with one attached hydrogen (secondary N) is 1. The van der Waals surface area contributed by atoms with E-state index < -0.39 is 6.10 Å². The smallest absolute Gasteiger partial charge is 0.120 e. The number of rotatable bonds is 2. The summed E-state index contributed by atoms with van der Waals surface area (Å²) < 4.78 is 0. The summed E-state index contributed by atoms with van der Waals surface area (Å²) in [7, 11) is 0. The number of aliphatic hydroxyl groups is 1. The fraction of sp³-hybridized carbons (Fsp3) is 0.100. The SMILES string of the molecule is OC(c1ccc[nH]1)c1ccncc1Cl. The van der Waals surface area contributed by atoms with Gasteiger partial charge in [-0.25, -0.2) is 0 Å². The number of aromatic amines is 1. The fourth-order valence-corrected chi connectivity index (χ4v) is 1.51. The van der Waals surface area contributed by atoms with Crippen LogP contribution in [0.4, 0.5) is 0 Å². The summed E-state index contributed by atoms with van der Waals surface area (Å²) in [6.45, 7) is 0. The first-order valence-corrected chi connectivity index (χ1v) is 4.57. The van der Waals surface area contributed by atoms with Crippen LogP contribution in [0.1, 0.15) is 17.4 Å². The molecule has 0 bridgehead atoms. The van der Waals surface area contributed by atoms with E-state index >= 15 is 0 Å². The van der Waals surface area contributed by atoms with Gasteiger partial charge in [-0.2, -0.15) is 0 Å². The van der Waals surface area contributed by atoms with Crippen LogP contribution in [-0.2, 0) is 0 Å². The Labute approximate surface area is 86.4 Å². The topological polar surface area (TPSA) is 48.9 Å². The van der Waals surface area contributed by atoms with Crippen LogP contribution in [0.2, 0.25) is 5.02 Å². The van der Waals surface area contributed by atoms with Gasteiger partial charge in [0.15, 0.2) is 0 Å². The van der Waals surface area contributed by atoms with Crippen LogP contribution in [0, 0.1) is 0 Å². The van der Waals surface area contributed by atoms with Gasteiger partial charge in [-0.1, -0.05) is 11.6 Å². The second-order valence-electron chi connectivity index (χ2n) is 2.93. The van der Waals surface area contributed by atoms with E-state index in [1.165, 1.54) is 6.20 Å². The Morgan fingerprint density at radius 3 is 2.93 bits per heavy atom. The number of aromatic nitrogens is 2. The Morgan fingerprint density at radius 2 is 2.29 bits per heavy atom. The zero-order chi connectivity index (χ0) is 9.97. The summed E-state index contributed by atoms with van der Waals surface area (Å²) in [5, 5.41) is 10.4. The summed E-state index contributed by atoms with van der Waals surface area (Å²) in [5.41, 5.74) is 1.38. The monoisotopic (exact) mass is 208 g/mol. The normalized spacial score (nSPS) is 12.7. The van der Waals surface area contributed by atoms with Crippen LogP contribution in [0.15, 0.2) is 36.8 Å². The minimum absolute atomic E-state index is 0.467. The van der Waals surface area contributed by atoms with Crippen molar-refractivity contribution in [2.75, 3.05) is 0 Å². The van der Waals surface area contributed by atoms with E-state index in [1.54, 1.807) is 24.5 Å². The van der Waals surface area contributed by atoms with Crippen molar-refractivity contribution in [3.63, 3.8) is 0 Å². The zero-order valence-electron chi connectivity index (χ0n) is 7.31. The van der Waals surface area contributed by atoms with Crippen molar-refractivity contribution >= 4 is 11.6 Å². The van der Waals surface area contributed by atoms with Gasteiger partial charge < -0.3 is 10.1 Å². The second-order valence-corrected chi connectivity index (χ2v) is 3.33. The number of halogens is 1. The average molecular weight is 209 g/mol. The maximum atomic E-state index is 9.92. The van der Waals surface area contributed by atoms with E-state index in [9.17, 15) is 5.11 Å². The van der Waals surface area contributed by atoms with Crippen molar-refractivity contribution in [3.8, 4) is 0 Å². The lowest BCUT2D eigenvalue weighted by atomic mass is 10.1. The molecule has 2 heterocycles. The molecule has 0 amide bonds. The first-order chi connectivity index (χ1) is 6.79. The van der Waals surface area contributed by atoms with Crippen LogP contribution in [0.3, 0.4) is 0 Å². The molecule has 14 heavy (non-hydrogen) atoms. The van der Waals surface area contributed by atoms with Gasteiger partial charge in [-0.3, -0.25) is 4.98 Å². The molecule has 2 aromatic heterocycles. The van der Waals surface area contributed by atoms with Gasteiger partial charge in [-0.05, 0) is 18.2 Å². The van der Waals surface area contributed by atoms with E-state index in [1.807, 2.05) is 6.07 Å². The van der Waals surface area contributed by atoms with Crippen LogP contribution in [0.5, 0.6) is 0 Å². The molecule has 0 saturated carbocycles. The van der Waals surface area contributed by atoms with Gasteiger partial charge in [0, 0.05) is 29.8 Å². The van der Waals surface area contributed by atoms with Crippen molar-refractivity contribution in [3.05, 3.63) is 53.1 Å². The van der Waals surface area contributed by atoms with Crippen LogP contribution < -0.4 is 0 Å². The molecule has 3 nitrogen and oxygen atoms in total. The summed E-state index contributed by atoms with van der Waals surface area (Å²) in [6.07, 6.45) is 4.16. The van der Waals surface area contributed by atoms with E-state index in [-0.39, 0.29) is 0 Å². The van der Waals surface area contributed by atoms with Gasteiger partial charge in [0.05, 0.1) is 5.02 Å². The van der Waals surface area contributed by atoms with Crippen LogP contribution >= 0.6 is 11.6 Å². The lowest BCUT2D eigenvalue weighted by Gasteiger charge is -2.10. The number of nitrogens with zero attached hydrogens (tertiary/aromatic N) is 1. The summed E-state index contributed by atoms with van der Waals surface area (Å²) in [6, 6.07) is 5.34. The Bertz CT molecular complexity index is 414. The Balaban J connectivity index is 2.37. The van der Waals surface area contributed by atoms with Crippen molar-refractivity contribution in [2.45, 2.75) is 6.10 Å². The zero-order valence-corrected chi connectivity index (χ0v) is 8.07. The van der Waals surface area contributed by atoms with E-state index in [0.717, 1.165) is 5.69 Å². The van der Waals surface area contributed by atoms with E-state index in [0.29, 0.717) is 10.6 Å². The first-order valence-electron chi connectivity index (χ1n) is 4.20. The molecule has 2 aromatic rings. The molecule has 1 unspecified atom stereocenters. The third-order valence-electron chi connectivity index (χ3n) is 2.01. The summed E-state index contributed by atoms with van der Waals surface area (Å²) >= 11 is 5.90. The third kappa shape index (κ3) is 1.64. The molecule has 4 heteroatoms. The minimum atomic E-state index is -0.722. The molecule has 0 aromatic carbocycles. The molecule has 2 rings (SSSR count). The molecule has 0 aliphatic carbocycles. The lowest BCUT2D eigenvalue weighted by molar-refractivity contribution is 0.216. The standard InChI is InChI=1S/C10H9ClN2O/c11-8-6-12-5-3-7(8)10(14)9-2-1-4-13-9/h1-6,10,13-14H. The van der Waals surface area contributed by atoms with E-state index in [4.69, 9.17) is 11.6 Å². The number of pyridine rings is 1. The maximum absolute atomic E-state index is 9.92. The molecule has 0 radical (unpaired) electrons. The molecule has 1 atom stereocenters. The highest BCUT2D eigenvalue weighted by molar-refractivity contribution is 6.31. The molecule has 2 N–H and O–H groups in total. The number of H-pyrrole nitrogens is 1. The predicted octanol–water partition coefficient (Wildman–Crippen LogP) is 2.14. The molecular formula is C10H9ClN2O. The largest absolute Gasteiger partial charge is 0.382 e. The highest BCUT2D eigenvalue weighted by Crippen LogP contribution is 2.25. The van der Waals surface area contributed by atoms with Gasteiger partial charge in [0.25, 0.3) is 0 Å². The molecule has 0 aliphatic heterocycles. The summed E-state index contributed by atoms with van der Waals surface area (Å²) in [4.78, 5) is 6.79. The molecule has 0 fully saturated rings. The van der Waals surface area contributed by atoms with Crippen LogP contribution in [0.25, 0.3) is 0 Å². The summed E-state index contributed by atoms with van der Waals surface area (Å²) in [5.74, 6) is 0. The Kier molecular flexibility index (Phi) is 2.52. The minimum Gasteiger partial charge on any atom is -0.382 e. The molecule has 72 valence electrons. The van der Waals surface area contributed by atoms with Gasteiger partial charge in [-0.15, -0.1) is 0 Å². The Hall–Kier alpha value is -1.32. The Morgan fingerprint density at radius 1 is 1.43 bits per heavy atom. The number of hydrogen-bond donors (Lipinski definition) is 2. The second kappa shape index (κ2) is 3.82.